The number of hydrogen-bond acceptors (Lipinski definition) is 3. The van der Waals surface area contributed by atoms with Crippen LogP contribution in [0.3, 0.4) is 0 Å². The highest BCUT2D eigenvalue weighted by Crippen LogP contribution is 2.40. The van der Waals surface area contributed by atoms with Crippen molar-refractivity contribution in [1.82, 2.24) is 4.98 Å². The fourth-order valence-electron chi connectivity index (χ4n) is 4.29. The second-order valence-corrected chi connectivity index (χ2v) is 10.7. The highest BCUT2D eigenvalue weighted by molar-refractivity contribution is 6.31. The van der Waals surface area contributed by atoms with E-state index in [2.05, 4.69) is 39.6 Å². The molecule has 0 aliphatic heterocycles. The summed E-state index contributed by atoms with van der Waals surface area (Å²) in [5, 5.41) is 12.8. The Hall–Kier alpha value is -2.46. The minimum Gasteiger partial charge on any atom is -0.507 e. The van der Waals surface area contributed by atoms with Crippen LogP contribution in [0.2, 0.25) is 5.02 Å². The van der Waals surface area contributed by atoms with Crippen molar-refractivity contribution in [3.8, 4) is 17.0 Å². The number of ether oxygens (including phenoxy) is 1. The summed E-state index contributed by atoms with van der Waals surface area (Å²) in [5.74, 6) is 0.535. The smallest absolute Gasteiger partial charge is 0.306 e. The van der Waals surface area contributed by atoms with Gasteiger partial charge >= 0.3 is 5.97 Å². The molecule has 0 spiro atoms. The molecule has 3 aromatic rings. The van der Waals surface area contributed by atoms with Gasteiger partial charge < -0.3 is 14.8 Å². The van der Waals surface area contributed by atoms with Crippen molar-refractivity contribution in [3.63, 3.8) is 0 Å². The number of unbranched alkanes of at least 4 members (excludes halogenated alkanes) is 1. The number of nitrogens with one attached hydrogen (secondary N) is 1. The number of rotatable bonds is 10. The fourth-order valence-corrected chi connectivity index (χ4v) is 4.47. The van der Waals surface area contributed by atoms with Gasteiger partial charge in [-0.25, -0.2) is 0 Å². The highest BCUT2D eigenvalue weighted by Gasteiger charge is 2.23. The van der Waals surface area contributed by atoms with E-state index in [1.807, 2.05) is 36.4 Å². The summed E-state index contributed by atoms with van der Waals surface area (Å²) in [5.41, 5.74) is 4.12. The maximum atomic E-state index is 12.5. The normalized spacial score (nSPS) is 12.8. The third-order valence-corrected chi connectivity index (χ3v) is 6.73. The molecule has 2 aromatic carbocycles. The first-order chi connectivity index (χ1) is 16.1. The van der Waals surface area contributed by atoms with Gasteiger partial charge in [0.2, 0.25) is 0 Å². The Bertz CT molecular complexity index is 1130. The number of aromatic nitrogens is 1. The molecule has 5 heteroatoms. The van der Waals surface area contributed by atoms with Crippen molar-refractivity contribution in [2.45, 2.75) is 78.6 Å². The summed E-state index contributed by atoms with van der Waals surface area (Å²) < 4.78 is 5.59. The van der Waals surface area contributed by atoms with Crippen LogP contribution in [0.4, 0.5) is 0 Å². The Morgan fingerprint density at radius 1 is 1.15 bits per heavy atom. The maximum Gasteiger partial charge on any atom is 0.306 e. The molecule has 1 unspecified atom stereocenters. The molecule has 2 N–H and O–H groups in total. The summed E-state index contributed by atoms with van der Waals surface area (Å²) in [6, 6.07) is 11.7. The predicted octanol–water partition coefficient (Wildman–Crippen LogP) is 8.18. The SMILES string of the molecule is CCCCC(CC)COC(=O)CCc1cc(-c2cc3cc(Cl)ccc3[nH]2)c(O)c(C(C)(C)C)c1. The van der Waals surface area contributed by atoms with Crippen molar-refractivity contribution < 1.29 is 14.6 Å². The molecule has 0 saturated carbocycles. The molecule has 4 nitrogen and oxygen atoms in total. The van der Waals surface area contributed by atoms with Crippen LogP contribution in [0.1, 0.15) is 77.8 Å². The number of carbonyl (C=O) groups excluding carboxylic acids is 1. The molecule has 1 heterocycles. The number of hydrogen-bond donors (Lipinski definition) is 2. The lowest BCUT2D eigenvalue weighted by molar-refractivity contribution is -0.145. The van der Waals surface area contributed by atoms with Crippen molar-refractivity contribution in [1.29, 1.82) is 0 Å². The highest BCUT2D eigenvalue weighted by atomic mass is 35.5. The molecule has 0 saturated heterocycles. The zero-order chi connectivity index (χ0) is 24.9. The quantitative estimate of drug-likeness (QED) is 0.286. The van der Waals surface area contributed by atoms with Crippen LogP contribution in [-0.2, 0) is 21.4 Å². The number of fused-ring (bicyclic) bond motifs is 1. The molecule has 0 radical (unpaired) electrons. The summed E-state index contributed by atoms with van der Waals surface area (Å²) in [6.45, 7) is 11.1. The van der Waals surface area contributed by atoms with Gasteiger partial charge in [-0.15, -0.1) is 0 Å². The van der Waals surface area contributed by atoms with Gasteiger partial charge in [0.1, 0.15) is 5.75 Å². The lowest BCUT2D eigenvalue weighted by atomic mass is 9.83. The van der Waals surface area contributed by atoms with Crippen LogP contribution in [0.25, 0.3) is 22.2 Å². The summed E-state index contributed by atoms with van der Waals surface area (Å²) in [7, 11) is 0. The molecule has 0 fully saturated rings. The topological polar surface area (TPSA) is 62.3 Å². The first-order valence-electron chi connectivity index (χ1n) is 12.4. The Balaban J connectivity index is 1.81. The molecule has 1 atom stereocenters. The second kappa shape index (κ2) is 11.3. The maximum absolute atomic E-state index is 12.5. The van der Waals surface area contributed by atoms with Crippen LogP contribution in [0.5, 0.6) is 5.75 Å². The van der Waals surface area contributed by atoms with E-state index in [1.165, 1.54) is 6.42 Å². The summed E-state index contributed by atoms with van der Waals surface area (Å²) in [4.78, 5) is 15.9. The molecular formula is C29H38ClNO3. The Kier molecular flexibility index (Phi) is 8.70. The molecule has 0 aliphatic rings. The van der Waals surface area contributed by atoms with Crippen LogP contribution in [0.15, 0.2) is 36.4 Å². The van der Waals surface area contributed by atoms with E-state index in [0.717, 1.165) is 52.5 Å². The average Bonchev–Trinajstić information content (AvgIpc) is 3.20. The average molecular weight is 484 g/mol. The number of aromatic hydroxyl groups is 1. The molecule has 0 bridgehead atoms. The first kappa shape index (κ1) is 26.2. The van der Waals surface area contributed by atoms with Crippen LogP contribution in [-0.4, -0.2) is 22.7 Å². The zero-order valence-corrected chi connectivity index (χ0v) is 21.9. The number of aryl methyl sites for hydroxylation is 1. The molecule has 3 rings (SSSR count). The number of aromatic amines is 1. The second-order valence-electron chi connectivity index (χ2n) is 10.3. The van der Waals surface area contributed by atoms with E-state index in [4.69, 9.17) is 16.3 Å². The van der Waals surface area contributed by atoms with Crippen LogP contribution in [0, 0.1) is 5.92 Å². The minimum atomic E-state index is -0.252. The summed E-state index contributed by atoms with van der Waals surface area (Å²) >= 11 is 6.16. The van der Waals surface area contributed by atoms with Gasteiger partial charge in [0.25, 0.3) is 0 Å². The Morgan fingerprint density at radius 2 is 1.91 bits per heavy atom. The number of benzene rings is 2. The van der Waals surface area contributed by atoms with Gasteiger partial charge in [-0.3, -0.25) is 4.79 Å². The largest absolute Gasteiger partial charge is 0.507 e. The number of esters is 1. The van der Waals surface area contributed by atoms with E-state index in [0.29, 0.717) is 30.4 Å². The number of phenolic OH excluding ortho intramolecular Hbond substituents is 1. The van der Waals surface area contributed by atoms with E-state index >= 15 is 0 Å². The summed E-state index contributed by atoms with van der Waals surface area (Å²) in [6.07, 6.45) is 5.34. The third-order valence-electron chi connectivity index (χ3n) is 6.49. The van der Waals surface area contributed by atoms with Crippen molar-refractivity contribution in [3.05, 3.63) is 52.5 Å². The van der Waals surface area contributed by atoms with E-state index in [9.17, 15) is 9.90 Å². The van der Waals surface area contributed by atoms with Gasteiger partial charge in [-0.05, 0) is 60.1 Å². The number of phenols is 1. The van der Waals surface area contributed by atoms with Gasteiger partial charge in [-0.2, -0.15) is 0 Å². The van der Waals surface area contributed by atoms with Crippen LogP contribution >= 0.6 is 11.6 Å². The number of halogens is 1. The number of H-pyrrole nitrogens is 1. The molecule has 0 amide bonds. The minimum absolute atomic E-state index is 0.165. The van der Waals surface area contributed by atoms with Crippen molar-refractivity contribution >= 4 is 28.5 Å². The predicted molar refractivity (Wildman–Crippen MR) is 142 cm³/mol. The molecular weight excluding hydrogens is 446 g/mol. The number of carbonyl (C=O) groups is 1. The standard InChI is InChI=1S/C29H38ClNO3/c1-6-8-9-19(7-2)18-34-27(32)13-10-20-14-23(28(33)24(15-20)29(3,4)5)26-17-21-16-22(30)11-12-25(21)31-26/h11-12,14-17,19,31,33H,6-10,13,18H2,1-5H3. The molecule has 0 aliphatic carbocycles. The monoisotopic (exact) mass is 483 g/mol. The lowest BCUT2D eigenvalue weighted by Crippen LogP contribution is -2.15. The fraction of sp³-hybridized carbons (Fsp3) is 0.483. The van der Waals surface area contributed by atoms with Gasteiger partial charge in [0, 0.05) is 33.5 Å². The lowest BCUT2D eigenvalue weighted by Gasteiger charge is -2.23. The Morgan fingerprint density at radius 3 is 2.59 bits per heavy atom. The van der Waals surface area contributed by atoms with Crippen molar-refractivity contribution in [2.24, 2.45) is 5.92 Å². The third kappa shape index (κ3) is 6.56. The zero-order valence-electron chi connectivity index (χ0n) is 21.1. The molecule has 184 valence electrons. The van der Waals surface area contributed by atoms with Crippen LogP contribution < -0.4 is 0 Å². The molecule has 1 aromatic heterocycles. The van der Waals surface area contributed by atoms with E-state index in [-0.39, 0.29) is 17.1 Å². The van der Waals surface area contributed by atoms with Gasteiger partial charge in [0.15, 0.2) is 0 Å². The van der Waals surface area contributed by atoms with E-state index in [1.54, 1.807) is 0 Å². The first-order valence-corrected chi connectivity index (χ1v) is 12.8. The van der Waals surface area contributed by atoms with E-state index < -0.39 is 0 Å². The Labute approximate surface area is 208 Å². The van der Waals surface area contributed by atoms with Gasteiger partial charge in [-0.1, -0.05) is 71.5 Å². The van der Waals surface area contributed by atoms with Crippen molar-refractivity contribution in [2.75, 3.05) is 6.61 Å². The van der Waals surface area contributed by atoms with Gasteiger partial charge in [0.05, 0.1) is 12.3 Å². The molecule has 34 heavy (non-hydrogen) atoms.